The van der Waals surface area contributed by atoms with Gasteiger partial charge in [0.05, 0.1) is 5.69 Å². The van der Waals surface area contributed by atoms with E-state index in [2.05, 4.69) is 43.4 Å². The molecule has 0 amide bonds. The summed E-state index contributed by atoms with van der Waals surface area (Å²) in [4.78, 5) is 5.99. The number of nitrogens with one attached hydrogen (secondary N) is 1. The molecule has 17 heavy (non-hydrogen) atoms. The van der Waals surface area contributed by atoms with Crippen molar-refractivity contribution in [3.05, 3.63) is 34.7 Å². The average Bonchev–Trinajstić information content (AvgIpc) is 3.03. The van der Waals surface area contributed by atoms with Gasteiger partial charge in [0.2, 0.25) is 0 Å². The van der Waals surface area contributed by atoms with Crippen molar-refractivity contribution in [2.75, 3.05) is 5.32 Å². The maximum Gasteiger partial charge on any atom is 0.183 e. The molecule has 2 nitrogen and oxygen atoms in total. The molecule has 0 bridgehead atoms. The highest BCUT2D eigenvalue weighted by atomic mass is 32.1. The first-order valence-electron chi connectivity index (χ1n) is 6.03. The molecule has 3 heteroatoms. The zero-order valence-corrected chi connectivity index (χ0v) is 11.0. The van der Waals surface area contributed by atoms with E-state index < -0.39 is 0 Å². The number of hydrogen-bond donors (Lipinski definition) is 1. The molecule has 0 saturated heterocycles. The lowest BCUT2D eigenvalue weighted by Gasteiger charge is -1.99. The summed E-state index contributed by atoms with van der Waals surface area (Å²) in [5.74, 6) is 0. The Morgan fingerprint density at radius 1 is 1.18 bits per heavy atom. The van der Waals surface area contributed by atoms with Crippen molar-refractivity contribution in [2.45, 2.75) is 32.7 Å². The zero-order valence-electron chi connectivity index (χ0n) is 10.2. The number of hydrogen-bond acceptors (Lipinski definition) is 3. The molecular weight excluding hydrogens is 228 g/mol. The fourth-order valence-corrected chi connectivity index (χ4v) is 2.75. The SMILES string of the molecule is Cc1ccc(-c2nc(NC3CC3)sc2C)cc1. The van der Waals surface area contributed by atoms with Crippen LogP contribution in [0, 0.1) is 13.8 Å². The van der Waals surface area contributed by atoms with Crippen molar-refractivity contribution >= 4 is 16.5 Å². The molecule has 1 heterocycles. The normalized spacial score (nSPS) is 14.9. The van der Waals surface area contributed by atoms with Crippen molar-refractivity contribution in [3.63, 3.8) is 0 Å². The number of benzene rings is 1. The van der Waals surface area contributed by atoms with Gasteiger partial charge in [0.15, 0.2) is 5.13 Å². The molecule has 1 N–H and O–H groups in total. The maximum absolute atomic E-state index is 4.70. The van der Waals surface area contributed by atoms with Gasteiger partial charge in [-0.15, -0.1) is 11.3 Å². The minimum absolute atomic E-state index is 0.673. The van der Waals surface area contributed by atoms with Gasteiger partial charge in [-0.05, 0) is 26.7 Å². The van der Waals surface area contributed by atoms with Crippen molar-refractivity contribution in [1.82, 2.24) is 4.98 Å². The number of rotatable bonds is 3. The summed E-state index contributed by atoms with van der Waals surface area (Å²) >= 11 is 1.76. The lowest BCUT2D eigenvalue weighted by Crippen LogP contribution is -1.99. The quantitative estimate of drug-likeness (QED) is 0.882. The third-order valence-corrected chi connectivity index (χ3v) is 3.93. The fourth-order valence-electron chi connectivity index (χ4n) is 1.84. The van der Waals surface area contributed by atoms with Crippen LogP contribution < -0.4 is 5.32 Å². The minimum Gasteiger partial charge on any atom is -0.359 e. The molecule has 0 spiro atoms. The Bertz CT molecular complexity index is 524. The first-order valence-corrected chi connectivity index (χ1v) is 6.85. The first-order chi connectivity index (χ1) is 8.22. The Labute approximate surface area is 106 Å². The van der Waals surface area contributed by atoms with Crippen molar-refractivity contribution in [1.29, 1.82) is 0 Å². The molecule has 1 fully saturated rings. The van der Waals surface area contributed by atoms with Crippen molar-refractivity contribution in [3.8, 4) is 11.3 Å². The Balaban J connectivity index is 1.90. The van der Waals surface area contributed by atoms with E-state index in [4.69, 9.17) is 4.98 Å². The molecule has 3 rings (SSSR count). The van der Waals surface area contributed by atoms with Gasteiger partial charge in [0.1, 0.15) is 0 Å². The van der Waals surface area contributed by atoms with Crippen LogP contribution in [0.15, 0.2) is 24.3 Å². The van der Waals surface area contributed by atoms with Crippen LogP contribution in [0.3, 0.4) is 0 Å². The molecule has 0 atom stereocenters. The zero-order chi connectivity index (χ0) is 11.8. The average molecular weight is 244 g/mol. The molecule has 0 aliphatic heterocycles. The Morgan fingerprint density at radius 3 is 2.53 bits per heavy atom. The van der Waals surface area contributed by atoms with Crippen LogP contribution >= 0.6 is 11.3 Å². The molecular formula is C14H16N2S. The van der Waals surface area contributed by atoms with Crippen molar-refractivity contribution in [2.24, 2.45) is 0 Å². The number of thiazole rings is 1. The number of anilines is 1. The standard InChI is InChI=1S/C14H16N2S/c1-9-3-5-11(6-4-9)13-10(2)17-14(16-13)15-12-7-8-12/h3-6,12H,7-8H2,1-2H3,(H,15,16). The highest BCUT2D eigenvalue weighted by Gasteiger charge is 2.22. The minimum atomic E-state index is 0.673. The lowest BCUT2D eigenvalue weighted by atomic mass is 10.1. The van der Waals surface area contributed by atoms with Gasteiger partial charge in [-0.3, -0.25) is 0 Å². The molecule has 1 aromatic carbocycles. The van der Waals surface area contributed by atoms with Gasteiger partial charge in [0, 0.05) is 16.5 Å². The summed E-state index contributed by atoms with van der Waals surface area (Å²) in [6, 6.07) is 9.26. The van der Waals surface area contributed by atoms with Gasteiger partial charge < -0.3 is 5.32 Å². The molecule has 2 aromatic rings. The van der Waals surface area contributed by atoms with E-state index in [1.807, 2.05) is 0 Å². The van der Waals surface area contributed by atoms with E-state index in [0.717, 1.165) is 10.8 Å². The van der Waals surface area contributed by atoms with Gasteiger partial charge in [0.25, 0.3) is 0 Å². The summed E-state index contributed by atoms with van der Waals surface area (Å²) in [5, 5.41) is 4.54. The van der Waals surface area contributed by atoms with Crippen LogP contribution in [0.4, 0.5) is 5.13 Å². The van der Waals surface area contributed by atoms with Crippen LogP contribution in [0.5, 0.6) is 0 Å². The Hall–Kier alpha value is -1.35. The van der Waals surface area contributed by atoms with Gasteiger partial charge in [-0.25, -0.2) is 4.98 Å². The molecule has 0 unspecified atom stereocenters. The van der Waals surface area contributed by atoms with E-state index in [1.165, 1.54) is 28.8 Å². The smallest absolute Gasteiger partial charge is 0.183 e. The summed E-state index contributed by atoms with van der Waals surface area (Å²) in [6.45, 7) is 4.25. The summed E-state index contributed by atoms with van der Waals surface area (Å²) in [7, 11) is 0. The third kappa shape index (κ3) is 2.34. The molecule has 1 aliphatic carbocycles. The molecule has 1 aromatic heterocycles. The fraction of sp³-hybridized carbons (Fsp3) is 0.357. The van der Waals surface area contributed by atoms with E-state index in [-0.39, 0.29) is 0 Å². The lowest BCUT2D eigenvalue weighted by molar-refractivity contribution is 1.14. The monoisotopic (exact) mass is 244 g/mol. The predicted molar refractivity (Wildman–Crippen MR) is 73.7 cm³/mol. The number of nitrogens with zero attached hydrogens (tertiary/aromatic N) is 1. The van der Waals surface area contributed by atoms with Crippen molar-refractivity contribution < 1.29 is 0 Å². The summed E-state index contributed by atoms with van der Waals surface area (Å²) < 4.78 is 0. The van der Waals surface area contributed by atoms with E-state index >= 15 is 0 Å². The Morgan fingerprint density at radius 2 is 1.88 bits per heavy atom. The number of aromatic nitrogens is 1. The first kappa shape index (κ1) is 10.8. The van der Waals surface area contributed by atoms with Crippen LogP contribution in [0.1, 0.15) is 23.3 Å². The molecule has 1 aliphatic rings. The van der Waals surface area contributed by atoms with E-state index in [0.29, 0.717) is 6.04 Å². The second-order valence-electron chi connectivity index (χ2n) is 4.71. The van der Waals surface area contributed by atoms with Crippen LogP contribution in [0.25, 0.3) is 11.3 Å². The second kappa shape index (κ2) is 4.15. The summed E-state index contributed by atoms with van der Waals surface area (Å²) in [6.07, 6.45) is 2.58. The summed E-state index contributed by atoms with van der Waals surface area (Å²) in [5.41, 5.74) is 3.63. The van der Waals surface area contributed by atoms with E-state index in [1.54, 1.807) is 11.3 Å². The van der Waals surface area contributed by atoms with Gasteiger partial charge >= 0.3 is 0 Å². The topological polar surface area (TPSA) is 24.9 Å². The Kier molecular flexibility index (Phi) is 2.63. The van der Waals surface area contributed by atoms with E-state index in [9.17, 15) is 0 Å². The van der Waals surface area contributed by atoms with Crippen LogP contribution in [-0.4, -0.2) is 11.0 Å². The second-order valence-corrected chi connectivity index (χ2v) is 5.91. The molecule has 88 valence electrons. The van der Waals surface area contributed by atoms with Gasteiger partial charge in [-0.2, -0.15) is 0 Å². The third-order valence-electron chi connectivity index (χ3n) is 3.03. The predicted octanol–water partition coefficient (Wildman–Crippen LogP) is 4.00. The molecule has 0 radical (unpaired) electrons. The highest BCUT2D eigenvalue weighted by molar-refractivity contribution is 7.16. The highest BCUT2D eigenvalue weighted by Crippen LogP contribution is 2.33. The van der Waals surface area contributed by atoms with Gasteiger partial charge in [-0.1, -0.05) is 29.8 Å². The molecule has 1 saturated carbocycles. The van der Waals surface area contributed by atoms with Crippen LogP contribution in [-0.2, 0) is 0 Å². The number of aryl methyl sites for hydroxylation is 2. The maximum atomic E-state index is 4.70. The largest absolute Gasteiger partial charge is 0.359 e. The van der Waals surface area contributed by atoms with Crippen LogP contribution in [0.2, 0.25) is 0 Å².